The summed E-state index contributed by atoms with van der Waals surface area (Å²) in [5, 5.41) is 12.2. The predicted molar refractivity (Wildman–Crippen MR) is 129 cm³/mol. The molecule has 33 heavy (non-hydrogen) atoms. The van der Waals surface area contributed by atoms with Crippen molar-refractivity contribution < 1.29 is 14.3 Å². The van der Waals surface area contributed by atoms with E-state index in [1.807, 2.05) is 54.6 Å². The van der Waals surface area contributed by atoms with E-state index in [9.17, 15) is 9.59 Å². The molecule has 7 nitrogen and oxygen atoms in total. The monoisotopic (exact) mass is 474 g/mol. The van der Waals surface area contributed by atoms with Crippen LogP contribution in [0.5, 0.6) is 11.5 Å². The number of hydrogen-bond donors (Lipinski definition) is 1. The Labute approximate surface area is 198 Å². The number of nitrogens with zero attached hydrogens (tertiary/aromatic N) is 3. The molecule has 0 bridgehead atoms. The molecule has 164 valence electrons. The number of ether oxygens (including phenoxy) is 1. The number of benzene rings is 3. The van der Waals surface area contributed by atoms with Crippen molar-refractivity contribution in [2.75, 3.05) is 17.6 Å². The number of hydrogen-bond acceptors (Lipinski definition) is 8. The SMILES string of the molecule is O=C1c2ccccc2C(=O)N1CCSc1nnc(Nc2ccc(Oc3ccccc3)cc2)s1. The van der Waals surface area contributed by atoms with Crippen LogP contribution in [-0.4, -0.2) is 39.2 Å². The molecule has 0 unspecified atom stereocenters. The van der Waals surface area contributed by atoms with E-state index in [0.29, 0.717) is 28.6 Å². The summed E-state index contributed by atoms with van der Waals surface area (Å²) in [5.74, 6) is 1.59. The van der Waals surface area contributed by atoms with Crippen molar-refractivity contribution >= 4 is 45.7 Å². The van der Waals surface area contributed by atoms with Crippen molar-refractivity contribution in [3.8, 4) is 11.5 Å². The molecule has 5 rings (SSSR count). The van der Waals surface area contributed by atoms with E-state index in [2.05, 4.69) is 15.5 Å². The van der Waals surface area contributed by atoms with E-state index in [4.69, 9.17) is 4.74 Å². The number of aromatic nitrogens is 2. The molecule has 1 N–H and O–H groups in total. The van der Waals surface area contributed by atoms with E-state index in [-0.39, 0.29) is 11.8 Å². The second-order valence-corrected chi connectivity index (χ2v) is 9.41. The topological polar surface area (TPSA) is 84.4 Å². The summed E-state index contributed by atoms with van der Waals surface area (Å²) in [5.41, 5.74) is 1.80. The minimum atomic E-state index is -0.240. The maximum Gasteiger partial charge on any atom is 0.261 e. The normalized spacial score (nSPS) is 12.7. The van der Waals surface area contributed by atoms with Gasteiger partial charge in [-0.25, -0.2) is 0 Å². The van der Waals surface area contributed by atoms with Gasteiger partial charge < -0.3 is 10.1 Å². The van der Waals surface area contributed by atoms with Gasteiger partial charge in [-0.3, -0.25) is 14.5 Å². The van der Waals surface area contributed by atoms with Gasteiger partial charge in [0.1, 0.15) is 11.5 Å². The standard InChI is InChI=1S/C24H18N4O3S2/c29-21-19-8-4-5-9-20(19)22(30)28(21)14-15-32-24-27-26-23(33-24)25-16-10-12-18(13-11-16)31-17-6-2-1-3-7-17/h1-13H,14-15H2,(H,25,26). The summed E-state index contributed by atoms with van der Waals surface area (Å²) in [6.45, 7) is 0.322. The third-order valence-electron chi connectivity index (χ3n) is 4.91. The zero-order valence-corrected chi connectivity index (χ0v) is 18.9. The second-order valence-electron chi connectivity index (χ2n) is 7.09. The molecule has 4 aromatic rings. The third-order valence-corrected chi connectivity index (χ3v) is 6.86. The van der Waals surface area contributed by atoms with Gasteiger partial charge in [-0.05, 0) is 48.5 Å². The molecule has 0 spiro atoms. The molecule has 0 saturated carbocycles. The van der Waals surface area contributed by atoms with Gasteiger partial charge in [-0.2, -0.15) is 0 Å². The zero-order chi connectivity index (χ0) is 22.6. The average molecular weight is 475 g/mol. The highest BCUT2D eigenvalue weighted by atomic mass is 32.2. The molecule has 2 amide bonds. The molecule has 1 aromatic heterocycles. The summed E-state index contributed by atoms with van der Waals surface area (Å²) in [7, 11) is 0. The number of amides is 2. The van der Waals surface area contributed by atoms with Crippen LogP contribution < -0.4 is 10.1 Å². The number of thioether (sulfide) groups is 1. The number of carbonyl (C=O) groups excluding carboxylic acids is 2. The first-order valence-electron chi connectivity index (χ1n) is 10.2. The Bertz CT molecular complexity index is 1260. The molecule has 2 heterocycles. The van der Waals surface area contributed by atoms with Crippen LogP contribution in [0.15, 0.2) is 83.2 Å². The van der Waals surface area contributed by atoms with Crippen LogP contribution in [0, 0.1) is 0 Å². The zero-order valence-electron chi connectivity index (χ0n) is 17.3. The number of anilines is 2. The van der Waals surface area contributed by atoms with E-state index >= 15 is 0 Å². The fraction of sp³-hybridized carbons (Fsp3) is 0.0833. The molecule has 0 aliphatic carbocycles. The highest BCUT2D eigenvalue weighted by Gasteiger charge is 2.34. The Morgan fingerprint density at radius 1 is 0.818 bits per heavy atom. The van der Waals surface area contributed by atoms with Crippen molar-refractivity contribution in [2.45, 2.75) is 4.34 Å². The van der Waals surface area contributed by atoms with Crippen molar-refractivity contribution in [3.63, 3.8) is 0 Å². The number of rotatable bonds is 8. The lowest BCUT2D eigenvalue weighted by atomic mass is 10.1. The summed E-state index contributed by atoms with van der Waals surface area (Å²) in [4.78, 5) is 26.2. The van der Waals surface area contributed by atoms with Gasteiger partial charge in [0.2, 0.25) is 5.13 Å². The smallest absolute Gasteiger partial charge is 0.261 e. The average Bonchev–Trinajstić information content (AvgIpc) is 3.39. The summed E-state index contributed by atoms with van der Waals surface area (Å²) in [6.07, 6.45) is 0. The molecular weight excluding hydrogens is 456 g/mol. The number of carbonyl (C=O) groups is 2. The summed E-state index contributed by atoms with van der Waals surface area (Å²) >= 11 is 2.88. The number of nitrogens with one attached hydrogen (secondary N) is 1. The van der Waals surface area contributed by atoms with Gasteiger partial charge in [0.05, 0.1) is 11.1 Å². The first-order valence-corrected chi connectivity index (χ1v) is 12.0. The summed E-state index contributed by atoms with van der Waals surface area (Å²) in [6, 6.07) is 24.1. The van der Waals surface area contributed by atoms with Crippen LogP contribution >= 0.6 is 23.1 Å². The molecule has 9 heteroatoms. The number of para-hydroxylation sites is 1. The van der Waals surface area contributed by atoms with Crippen molar-refractivity contribution in [2.24, 2.45) is 0 Å². The van der Waals surface area contributed by atoms with Gasteiger partial charge in [0, 0.05) is 18.0 Å². The van der Waals surface area contributed by atoms with Crippen LogP contribution in [0.25, 0.3) is 0 Å². The number of imide groups is 1. The highest BCUT2D eigenvalue weighted by molar-refractivity contribution is 8.01. The van der Waals surface area contributed by atoms with Crippen LogP contribution in [-0.2, 0) is 0 Å². The largest absolute Gasteiger partial charge is 0.457 e. The van der Waals surface area contributed by atoms with Gasteiger partial charge in [-0.1, -0.05) is 53.4 Å². The van der Waals surface area contributed by atoms with E-state index < -0.39 is 0 Å². The van der Waals surface area contributed by atoms with Crippen molar-refractivity contribution in [1.82, 2.24) is 15.1 Å². The van der Waals surface area contributed by atoms with Gasteiger partial charge >= 0.3 is 0 Å². The van der Waals surface area contributed by atoms with E-state index in [1.165, 1.54) is 28.0 Å². The second kappa shape index (κ2) is 9.43. The Morgan fingerprint density at radius 3 is 2.15 bits per heavy atom. The van der Waals surface area contributed by atoms with Crippen LogP contribution in [0.1, 0.15) is 20.7 Å². The lowest BCUT2D eigenvalue weighted by Crippen LogP contribution is -2.31. The van der Waals surface area contributed by atoms with Gasteiger partial charge in [0.25, 0.3) is 11.8 Å². The predicted octanol–water partition coefficient (Wildman–Crippen LogP) is 5.46. The Balaban J connectivity index is 1.13. The quantitative estimate of drug-likeness (QED) is 0.268. The molecule has 1 aliphatic rings. The summed E-state index contributed by atoms with van der Waals surface area (Å²) < 4.78 is 6.56. The molecule has 0 saturated heterocycles. The van der Waals surface area contributed by atoms with E-state index in [1.54, 1.807) is 24.3 Å². The molecule has 0 atom stereocenters. The Morgan fingerprint density at radius 2 is 1.45 bits per heavy atom. The van der Waals surface area contributed by atoms with Crippen molar-refractivity contribution in [3.05, 3.63) is 90.0 Å². The molecule has 0 radical (unpaired) electrons. The molecule has 1 aliphatic heterocycles. The van der Waals surface area contributed by atoms with Crippen LogP contribution in [0.2, 0.25) is 0 Å². The number of fused-ring (bicyclic) bond motifs is 1. The van der Waals surface area contributed by atoms with Gasteiger partial charge in [-0.15, -0.1) is 10.2 Å². The fourth-order valence-corrected chi connectivity index (χ4v) is 5.11. The Hall–Kier alpha value is -3.69. The lowest BCUT2D eigenvalue weighted by molar-refractivity contribution is 0.0664. The molecular formula is C24H18N4O3S2. The highest BCUT2D eigenvalue weighted by Crippen LogP contribution is 2.30. The fourth-order valence-electron chi connectivity index (χ4n) is 3.34. The first-order chi connectivity index (χ1) is 16.2. The minimum Gasteiger partial charge on any atom is -0.457 e. The Kier molecular flexibility index (Phi) is 6.05. The first kappa shape index (κ1) is 21.2. The molecule has 3 aromatic carbocycles. The lowest BCUT2D eigenvalue weighted by Gasteiger charge is -2.12. The van der Waals surface area contributed by atoms with Gasteiger partial charge in [0.15, 0.2) is 4.34 Å². The maximum atomic E-state index is 12.4. The minimum absolute atomic E-state index is 0.240. The van der Waals surface area contributed by atoms with Crippen LogP contribution in [0.4, 0.5) is 10.8 Å². The third kappa shape index (κ3) is 4.74. The maximum absolute atomic E-state index is 12.4. The van der Waals surface area contributed by atoms with Crippen LogP contribution in [0.3, 0.4) is 0 Å². The molecule has 0 fully saturated rings. The van der Waals surface area contributed by atoms with Crippen molar-refractivity contribution in [1.29, 1.82) is 0 Å². The van der Waals surface area contributed by atoms with E-state index in [0.717, 1.165) is 21.5 Å².